The lowest BCUT2D eigenvalue weighted by Gasteiger charge is -2.12. The smallest absolute Gasteiger partial charge is 0.250 e. The van der Waals surface area contributed by atoms with Gasteiger partial charge in [-0.15, -0.1) is 0 Å². The monoisotopic (exact) mass is 411 g/mol. The van der Waals surface area contributed by atoms with Crippen LogP contribution in [0.1, 0.15) is 10.4 Å². The molecular weight excluding hydrogens is 390 g/mol. The van der Waals surface area contributed by atoms with Crippen molar-refractivity contribution in [1.82, 2.24) is 0 Å². The van der Waals surface area contributed by atoms with Gasteiger partial charge in [-0.1, -0.05) is 18.2 Å². The third-order valence-electron chi connectivity index (χ3n) is 4.20. The molecule has 0 aliphatic rings. The van der Waals surface area contributed by atoms with Crippen LogP contribution in [0.25, 0.3) is 0 Å². The van der Waals surface area contributed by atoms with Gasteiger partial charge >= 0.3 is 0 Å². The summed E-state index contributed by atoms with van der Waals surface area (Å²) in [5.74, 6) is -0.396. The van der Waals surface area contributed by atoms with Crippen LogP contribution in [0.15, 0.2) is 77.7 Å². The van der Waals surface area contributed by atoms with Crippen molar-refractivity contribution in [3.63, 3.8) is 0 Å². The fourth-order valence-electron chi connectivity index (χ4n) is 2.74. The Bertz CT molecular complexity index is 1110. The molecule has 0 saturated carbocycles. The SMILES string of the molecule is COc1cccc(Nc2ccc(NCS(=O)(=O)c3ccccc3C(N)=O)cc2)c1. The number of methoxy groups -OCH3 is 1. The van der Waals surface area contributed by atoms with E-state index in [1.807, 2.05) is 36.4 Å². The zero-order valence-electron chi connectivity index (χ0n) is 15.8. The summed E-state index contributed by atoms with van der Waals surface area (Å²) in [4.78, 5) is 11.4. The van der Waals surface area contributed by atoms with Gasteiger partial charge in [0, 0.05) is 23.1 Å². The fourth-order valence-corrected chi connectivity index (χ4v) is 4.04. The van der Waals surface area contributed by atoms with Gasteiger partial charge in [-0.25, -0.2) is 8.42 Å². The zero-order chi connectivity index (χ0) is 20.9. The molecule has 150 valence electrons. The molecule has 7 nitrogen and oxygen atoms in total. The second kappa shape index (κ2) is 8.66. The number of amides is 1. The molecule has 0 radical (unpaired) electrons. The fraction of sp³-hybridized carbons (Fsp3) is 0.0952. The number of benzene rings is 3. The van der Waals surface area contributed by atoms with Crippen LogP contribution < -0.4 is 21.1 Å². The lowest BCUT2D eigenvalue weighted by molar-refractivity contribution is 0.0997. The predicted octanol–water partition coefficient (Wildman–Crippen LogP) is 3.38. The summed E-state index contributed by atoms with van der Waals surface area (Å²) in [7, 11) is -2.14. The van der Waals surface area contributed by atoms with Crippen LogP contribution in [0.4, 0.5) is 17.1 Å². The largest absolute Gasteiger partial charge is 0.497 e. The van der Waals surface area contributed by atoms with Crippen LogP contribution >= 0.6 is 0 Å². The third-order valence-corrected chi connectivity index (χ3v) is 5.75. The third kappa shape index (κ3) is 5.05. The Hall–Kier alpha value is -3.52. The molecule has 0 heterocycles. The lowest BCUT2D eigenvalue weighted by Crippen LogP contribution is -2.20. The van der Waals surface area contributed by atoms with Gasteiger partial charge in [0.05, 0.1) is 17.6 Å². The first-order chi connectivity index (χ1) is 13.9. The average Bonchev–Trinajstić information content (AvgIpc) is 2.73. The van der Waals surface area contributed by atoms with Crippen LogP contribution in [0.3, 0.4) is 0 Å². The van der Waals surface area contributed by atoms with Crippen molar-refractivity contribution >= 4 is 32.8 Å². The molecule has 0 fully saturated rings. The van der Waals surface area contributed by atoms with E-state index in [0.717, 1.165) is 17.1 Å². The minimum absolute atomic E-state index is 0.0212. The van der Waals surface area contributed by atoms with Crippen molar-refractivity contribution in [3.8, 4) is 5.75 Å². The first kappa shape index (κ1) is 20.2. The van der Waals surface area contributed by atoms with Crippen LogP contribution in [-0.2, 0) is 9.84 Å². The first-order valence-electron chi connectivity index (χ1n) is 8.75. The molecule has 4 N–H and O–H groups in total. The summed E-state index contributed by atoms with van der Waals surface area (Å²) in [6, 6.07) is 20.6. The molecule has 0 atom stereocenters. The summed E-state index contributed by atoms with van der Waals surface area (Å²) < 4.78 is 30.4. The summed E-state index contributed by atoms with van der Waals surface area (Å²) in [5, 5.41) is 6.12. The van der Waals surface area contributed by atoms with E-state index < -0.39 is 15.7 Å². The molecule has 0 bridgehead atoms. The van der Waals surface area contributed by atoms with Gasteiger partial charge in [0.2, 0.25) is 5.91 Å². The molecule has 3 aromatic rings. The van der Waals surface area contributed by atoms with Crippen molar-refractivity contribution in [3.05, 3.63) is 78.4 Å². The Labute approximate surface area is 169 Å². The number of primary amides is 1. The van der Waals surface area contributed by atoms with Crippen molar-refractivity contribution in [1.29, 1.82) is 0 Å². The number of carbonyl (C=O) groups excluding carboxylic acids is 1. The minimum Gasteiger partial charge on any atom is -0.497 e. The van der Waals surface area contributed by atoms with Crippen molar-refractivity contribution in [2.75, 3.05) is 23.6 Å². The van der Waals surface area contributed by atoms with E-state index in [0.29, 0.717) is 5.69 Å². The van der Waals surface area contributed by atoms with Crippen molar-refractivity contribution in [2.45, 2.75) is 4.90 Å². The average molecular weight is 411 g/mol. The van der Waals surface area contributed by atoms with E-state index in [-0.39, 0.29) is 16.3 Å². The molecule has 3 rings (SSSR count). The molecule has 8 heteroatoms. The van der Waals surface area contributed by atoms with Crippen LogP contribution in [0.5, 0.6) is 5.75 Å². The normalized spacial score (nSPS) is 10.9. The number of ether oxygens (including phenoxy) is 1. The highest BCUT2D eigenvalue weighted by Crippen LogP contribution is 2.23. The summed E-state index contributed by atoms with van der Waals surface area (Å²) >= 11 is 0. The second-order valence-corrected chi connectivity index (χ2v) is 8.19. The molecule has 0 spiro atoms. The highest BCUT2D eigenvalue weighted by molar-refractivity contribution is 7.91. The molecular formula is C21H21N3O4S. The number of nitrogens with two attached hydrogens (primary N) is 1. The Morgan fingerprint density at radius 1 is 0.931 bits per heavy atom. The number of nitrogens with one attached hydrogen (secondary N) is 2. The Morgan fingerprint density at radius 3 is 2.31 bits per heavy atom. The Morgan fingerprint density at radius 2 is 1.62 bits per heavy atom. The lowest BCUT2D eigenvalue weighted by atomic mass is 10.2. The van der Waals surface area contributed by atoms with Crippen LogP contribution in [0, 0.1) is 0 Å². The second-order valence-electron chi connectivity index (χ2n) is 6.23. The number of anilines is 3. The molecule has 0 aliphatic heterocycles. The maximum Gasteiger partial charge on any atom is 0.250 e. The number of rotatable bonds is 8. The van der Waals surface area contributed by atoms with Gasteiger partial charge in [0.1, 0.15) is 11.6 Å². The zero-order valence-corrected chi connectivity index (χ0v) is 16.6. The molecule has 0 saturated heterocycles. The van der Waals surface area contributed by atoms with E-state index in [9.17, 15) is 13.2 Å². The highest BCUT2D eigenvalue weighted by atomic mass is 32.2. The van der Waals surface area contributed by atoms with Gasteiger partial charge in [-0.05, 0) is 48.5 Å². The first-order valence-corrected chi connectivity index (χ1v) is 10.4. The summed E-state index contributed by atoms with van der Waals surface area (Å²) in [5.41, 5.74) is 7.59. The summed E-state index contributed by atoms with van der Waals surface area (Å²) in [6.45, 7) is 0. The topological polar surface area (TPSA) is 111 Å². The quantitative estimate of drug-likeness (QED) is 0.524. The van der Waals surface area contributed by atoms with Crippen molar-refractivity contribution < 1.29 is 17.9 Å². The van der Waals surface area contributed by atoms with Gasteiger partial charge < -0.3 is 21.1 Å². The van der Waals surface area contributed by atoms with E-state index in [2.05, 4.69) is 10.6 Å². The molecule has 0 aromatic heterocycles. The van der Waals surface area contributed by atoms with E-state index in [1.165, 1.54) is 12.1 Å². The molecule has 0 aliphatic carbocycles. The maximum atomic E-state index is 12.6. The Balaban J connectivity index is 1.68. The van der Waals surface area contributed by atoms with E-state index >= 15 is 0 Å². The number of carbonyl (C=O) groups is 1. The molecule has 3 aromatic carbocycles. The van der Waals surface area contributed by atoms with Gasteiger partial charge in [0.25, 0.3) is 0 Å². The maximum absolute atomic E-state index is 12.6. The Kier molecular flexibility index (Phi) is 6.04. The number of sulfone groups is 1. The van der Waals surface area contributed by atoms with E-state index in [1.54, 1.807) is 31.4 Å². The van der Waals surface area contributed by atoms with Gasteiger partial charge in [-0.2, -0.15) is 0 Å². The standard InChI is InChI=1S/C21H21N3O4S/c1-28-18-6-4-5-17(13-18)24-16-11-9-15(10-12-16)23-14-29(26,27)20-8-3-2-7-19(20)21(22)25/h2-13,23-24H,14H2,1H3,(H2,22,25). The molecule has 1 amide bonds. The van der Waals surface area contributed by atoms with Gasteiger partial charge in [-0.3, -0.25) is 4.79 Å². The van der Waals surface area contributed by atoms with Crippen LogP contribution in [0.2, 0.25) is 0 Å². The number of hydrogen-bond acceptors (Lipinski definition) is 6. The highest BCUT2D eigenvalue weighted by Gasteiger charge is 2.20. The van der Waals surface area contributed by atoms with Crippen molar-refractivity contribution in [2.24, 2.45) is 5.73 Å². The van der Waals surface area contributed by atoms with Gasteiger partial charge in [0.15, 0.2) is 9.84 Å². The van der Waals surface area contributed by atoms with Crippen LogP contribution in [-0.4, -0.2) is 27.3 Å². The predicted molar refractivity (Wildman–Crippen MR) is 113 cm³/mol. The summed E-state index contributed by atoms with van der Waals surface area (Å²) in [6.07, 6.45) is 0. The molecule has 29 heavy (non-hydrogen) atoms. The number of hydrogen-bond donors (Lipinski definition) is 3. The minimum atomic E-state index is -3.74. The molecule has 0 unspecified atom stereocenters. The van der Waals surface area contributed by atoms with E-state index in [4.69, 9.17) is 10.5 Å².